The Morgan fingerprint density at radius 2 is 2.06 bits per heavy atom. The van der Waals surface area contributed by atoms with E-state index in [9.17, 15) is 9.90 Å². The zero-order valence-electron chi connectivity index (χ0n) is 10.4. The van der Waals surface area contributed by atoms with Gasteiger partial charge in [-0.2, -0.15) is 0 Å². The minimum Gasteiger partial charge on any atom is -0.478 e. The Morgan fingerprint density at radius 1 is 1.28 bits per heavy atom. The Kier molecular flexibility index (Phi) is 4.09. The van der Waals surface area contributed by atoms with Gasteiger partial charge in [0.05, 0.1) is 11.3 Å². The molecule has 1 aliphatic heterocycles. The summed E-state index contributed by atoms with van der Waals surface area (Å²) in [5.41, 5.74) is 1.05. The zero-order valence-corrected chi connectivity index (χ0v) is 11.2. The first-order chi connectivity index (χ1) is 8.58. The summed E-state index contributed by atoms with van der Waals surface area (Å²) in [6.45, 7) is 3.72. The predicted octanol–water partition coefficient (Wildman–Crippen LogP) is 2.18. The molecule has 1 fully saturated rings. The summed E-state index contributed by atoms with van der Waals surface area (Å²) in [7, 11) is 2.09. The molecular formula is C13H17ClN2O2. The van der Waals surface area contributed by atoms with Gasteiger partial charge >= 0.3 is 5.97 Å². The molecule has 18 heavy (non-hydrogen) atoms. The largest absolute Gasteiger partial charge is 0.478 e. The van der Waals surface area contributed by atoms with Crippen LogP contribution in [0.15, 0.2) is 18.2 Å². The number of aromatic carboxylic acids is 1. The van der Waals surface area contributed by atoms with Crippen LogP contribution in [0.3, 0.4) is 0 Å². The van der Waals surface area contributed by atoms with Gasteiger partial charge in [0.2, 0.25) is 0 Å². The highest BCUT2D eigenvalue weighted by atomic mass is 35.5. The van der Waals surface area contributed by atoms with Crippen molar-refractivity contribution in [3.8, 4) is 0 Å². The fraction of sp³-hybridized carbons (Fsp3) is 0.462. The van der Waals surface area contributed by atoms with Gasteiger partial charge in [-0.25, -0.2) is 4.79 Å². The number of likely N-dealkylation sites (N-methyl/N-ethyl adjacent to an activating group) is 1. The third-order valence-electron chi connectivity index (χ3n) is 3.25. The van der Waals surface area contributed by atoms with Crippen LogP contribution in [0.4, 0.5) is 5.69 Å². The van der Waals surface area contributed by atoms with E-state index in [0.29, 0.717) is 5.02 Å². The molecule has 5 heteroatoms. The molecule has 0 spiro atoms. The maximum absolute atomic E-state index is 11.3. The second-order valence-electron chi connectivity index (χ2n) is 4.61. The van der Waals surface area contributed by atoms with Gasteiger partial charge < -0.3 is 14.9 Å². The van der Waals surface area contributed by atoms with E-state index in [1.807, 2.05) is 0 Å². The summed E-state index contributed by atoms with van der Waals surface area (Å²) in [6.07, 6.45) is 1.04. The normalized spacial score (nSPS) is 17.6. The maximum atomic E-state index is 11.3. The van der Waals surface area contributed by atoms with Crippen molar-refractivity contribution in [3.63, 3.8) is 0 Å². The van der Waals surface area contributed by atoms with Gasteiger partial charge in [-0.05, 0) is 38.2 Å². The van der Waals surface area contributed by atoms with Crippen molar-refractivity contribution in [2.45, 2.75) is 6.42 Å². The maximum Gasteiger partial charge on any atom is 0.337 e. The van der Waals surface area contributed by atoms with Crippen LogP contribution in [0.2, 0.25) is 5.02 Å². The van der Waals surface area contributed by atoms with E-state index in [1.165, 1.54) is 6.07 Å². The van der Waals surface area contributed by atoms with Crippen molar-refractivity contribution in [1.82, 2.24) is 4.90 Å². The first-order valence-corrected chi connectivity index (χ1v) is 6.42. The van der Waals surface area contributed by atoms with E-state index in [2.05, 4.69) is 16.8 Å². The summed E-state index contributed by atoms with van der Waals surface area (Å²) in [4.78, 5) is 15.7. The number of carbonyl (C=O) groups is 1. The number of rotatable bonds is 2. The lowest BCUT2D eigenvalue weighted by molar-refractivity contribution is 0.0697. The van der Waals surface area contributed by atoms with E-state index < -0.39 is 5.97 Å². The van der Waals surface area contributed by atoms with Crippen LogP contribution in [0.1, 0.15) is 16.8 Å². The molecule has 0 radical (unpaired) electrons. The number of hydrogen-bond donors (Lipinski definition) is 1. The van der Waals surface area contributed by atoms with Crippen molar-refractivity contribution in [1.29, 1.82) is 0 Å². The van der Waals surface area contributed by atoms with E-state index in [1.54, 1.807) is 12.1 Å². The molecule has 0 aliphatic carbocycles. The van der Waals surface area contributed by atoms with Crippen molar-refractivity contribution in [2.75, 3.05) is 38.1 Å². The summed E-state index contributed by atoms with van der Waals surface area (Å²) in [6, 6.07) is 5.07. The molecule has 0 atom stereocenters. The van der Waals surface area contributed by atoms with Crippen LogP contribution in [0, 0.1) is 0 Å². The minimum atomic E-state index is -0.926. The van der Waals surface area contributed by atoms with E-state index in [0.717, 1.165) is 38.3 Å². The summed E-state index contributed by atoms with van der Waals surface area (Å²) < 4.78 is 0. The van der Waals surface area contributed by atoms with E-state index in [-0.39, 0.29) is 5.56 Å². The molecular weight excluding hydrogens is 252 g/mol. The van der Waals surface area contributed by atoms with Crippen molar-refractivity contribution >= 4 is 23.3 Å². The van der Waals surface area contributed by atoms with Crippen LogP contribution >= 0.6 is 11.6 Å². The lowest BCUT2D eigenvalue weighted by atomic mass is 10.1. The quantitative estimate of drug-likeness (QED) is 0.893. The van der Waals surface area contributed by atoms with Crippen molar-refractivity contribution in [2.24, 2.45) is 0 Å². The standard InChI is InChI=1S/C13H17ClN2O2/c1-15-5-2-6-16(8-7-15)12-4-3-10(14)9-11(12)13(17)18/h3-4,9H,2,5-8H2,1H3,(H,17,18). The van der Waals surface area contributed by atoms with Crippen molar-refractivity contribution in [3.05, 3.63) is 28.8 Å². The van der Waals surface area contributed by atoms with E-state index >= 15 is 0 Å². The number of nitrogens with zero attached hydrogens (tertiary/aromatic N) is 2. The average molecular weight is 269 g/mol. The second kappa shape index (κ2) is 5.59. The molecule has 1 aromatic rings. The molecule has 1 N–H and O–H groups in total. The first-order valence-electron chi connectivity index (χ1n) is 6.04. The molecule has 0 unspecified atom stereocenters. The molecule has 1 saturated heterocycles. The number of benzene rings is 1. The van der Waals surface area contributed by atoms with Gasteiger partial charge in [0.15, 0.2) is 0 Å². The Hall–Kier alpha value is -1.26. The molecule has 1 heterocycles. The van der Waals surface area contributed by atoms with Gasteiger partial charge in [-0.1, -0.05) is 11.6 Å². The lowest BCUT2D eigenvalue weighted by Gasteiger charge is -2.24. The average Bonchev–Trinajstić information content (AvgIpc) is 2.54. The topological polar surface area (TPSA) is 43.8 Å². The number of carboxylic acids is 1. The summed E-state index contributed by atoms with van der Waals surface area (Å²) >= 11 is 5.87. The number of carboxylic acid groups (broad SMARTS) is 1. The van der Waals surface area contributed by atoms with Crippen LogP contribution in [0.25, 0.3) is 0 Å². The molecule has 0 saturated carbocycles. The van der Waals surface area contributed by atoms with Gasteiger partial charge in [-0.3, -0.25) is 0 Å². The molecule has 1 aromatic carbocycles. The van der Waals surface area contributed by atoms with Crippen LogP contribution < -0.4 is 4.90 Å². The van der Waals surface area contributed by atoms with Crippen LogP contribution in [-0.2, 0) is 0 Å². The Morgan fingerprint density at radius 3 is 2.78 bits per heavy atom. The van der Waals surface area contributed by atoms with Gasteiger partial charge in [-0.15, -0.1) is 0 Å². The molecule has 2 rings (SSSR count). The molecule has 0 amide bonds. The highest BCUT2D eigenvalue weighted by Gasteiger charge is 2.18. The summed E-state index contributed by atoms with van der Waals surface area (Å²) in [5.74, 6) is -0.926. The summed E-state index contributed by atoms with van der Waals surface area (Å²) in [5, 5.41) is 9.71. The van der Waals surface area contributed by atoms with Gasteiger partial charge in [0.25, 0.3) is 0 Å². The number of hydrogen-bond acceptors (Lipinski definition) is 3. The molecule has 0 bridgehead atoms. The van der Waals surface area contributed by atoms with Crippen LogP contribution in [0.5, 0.6) is 0 Å². The SMILES string of the molecule is CN1CCCN(c2ccc(Cl)cc2C(=O)O)CC1. The zero-order chi connectivity index (χ0) is 13.1. The number of anilines is 1. The molecule has 1 aliphatic rings. The molecule has 4 nitrogen and oxygen atoms in total. The Balaban J connectivity index is 2.29. The smallest absolute Gasteiger partial charge is 0.337 e. The van der Waals surface area contributed by atoms with E-state index in [4.69, 9.17) is 11.6 Å². The monoisotopic (exact) mass is 268 g/mol. The van der Waals surface area contributed by atoms with Crippen LogP contribution in [-0.4, -0.2) is 49.2 Å². The lowest BCUT2D eigenvalue weighted by Crippen LogP contribution is -2.29. The highest BCUT2D eigenvalue weighted by Crippen LogP contribution is 2.25. The first kappa shape index (κ1) is 13.2. The third kappa shape index (κ3) is 2.94. The van der Waals surface area contributed by atoms with Gasteiger partial charge in [0.1, 0.15) is 0 Å². The predicted molar refractivity (Wildman–Crippen MR) is 72.7 cm³/mol. The molecule has 0 aromatic heterocycles. The number of halogens is 1. The molecule has 98 valence electrons. The fourth-order valence-electron chi connectivity index (χ4n) is 2.24. The highest BCUT2D eigenvalue weighted by molar-refractivity contribution is 6.31. The van der Waals surface area contributed by atoms with Gasteiger partial charge in [0, 0.05) is 24.7 Å². The Labute approximate surface area is 112 Å². The minimum absolute atomic E-state index is 0.284. The van der Waals surface area contributed by atoms with Crippen molar-refractivity contribution < 1.29 is 9.90 Å². The third-order valence-corrected chi connectivity index (χ3v) is 3.48. The second-order valence-corrected chi connectivity index (χ2v) is 5.05. The Bertz CT molecular complexity index is 451. The fourth-order valence-corrected chi connectivity index (χ4v) is 2.41.